The zero-order valence-electron chi connectivity index (χ0n) is 10.3. The number of hydrogen-bond acceptors (Lipinski definition) is 3. The van der Waals surface area contributed by atoms with Gasteiger partial charge in [-0.25, -0.2) is 17.5 Å². The summed E-state index contributed by atoms with van der Waals surface area (Å²) < 4.78 is 39.8. The second-order valence-electron chi connectivity index (χ2n) is 4.55. The van der Waals surface area contributed by atoms with Gasteiger partial charge < -0.3 is 5.32 Å². The SMILES string of the molecule is O=S(=O)(NCC[C@H]1CCCN1)c1cc(Cl)ccc1F. The van der Waals surface area contributed by atoms with Crippen LogP contribution in [0.3, 0.4) is 0 Å². The Morgan fingerprint density at radius 3 is 2.95 bits per heavy atom. The third-order valence-electron chi connectivity index (χ3n) is 3.13. The van der Waals surface area contributed by atoms with Crippen molar-refractivity contribution < 1.29 is 12.8 Å². The number of halogens is 2. The Hall–Kier alpha value is -0.690. The number of sulfonamides is 1. The number of benzene rings is 1. The molecule has 106 valence electrons. The third kappa shape index (κ3) is 3.89. The van der Waals surface area contributed by atoms with Crippen molar-refractivity contribution in [3.8, 4) is 0 Å². The first kappa shape index (κ1) is 14.7. The lowest BCUT2D eigenvalue weighted by molar-refractivity contribution is 0.532. The van der Waals surface area contributed by atoms with Gasteiger partial charge in [0, 0.05) is 17.6 Å². The summed E-state index contributed by atoms with van der Waals surface area (Å²) in [5.74, 6) is -0.795. The Kier molecular flexibility index (Phi) is 4.78. The van der Waals surface area contributed by atoms with Crippen LogP contribution in [0, 0.1) is 5.82 Å². The average molecular weight is 307 g/mol. The van der Waals surface area contributed by atoms with Gasteiger partial charge in [-0.05, 0) is 44.0 Å². The van der Waals surface area contributed by atoms with Gasteiger partial charge in [-0.3, -0.25) is 0 Å². The fourth-order valence-electron chi connectivity index (χ4n) is 2.13. The summed E-state index contributed by atoms with van der Waals surface area (Å²) in [4.78, 5) is -0.403. The Balaban J connectivity index is 1.99. The van der Waals surface area contributed by atoms with Crippen molar-refractivity contribution in [1.82, 2.24) is 10.0 Å². The molecule has 1 aliphatic heterocycles. The molecule has 7 heteroatoms. The van der Waals surface area contributed by atoms with Crippen LogP contribution in [0.5, 0.6) is 0 Å². The first-order valence-electron chi connectivity index (χ1n) is 6.17. The molecule has 1 heterocycles. The van der Waals surface area contributed by atoms with Crippen LogP contribution in [0.1, 0.15) is 19.3 Å². The van der Waals surface area contributed by atoms with Crippen LogP contribution in [-0.2, 0) is 10.0 Å². The van der Waals surface area contributed by atoms with E-state index in [-0.39, 0.29) is 11.6 Å². The average Bonchev–Trinajstić information content (AvgIpc) is 2.85. The molecule has 1 atom stereocenters. The molecule has 2 rings (SSSR count). The summed E-state index contributed by atoms with van der Waals surface area (Å²) in [5.41, 5.74) is 0. The molecule has 1 aromatic rings. The predicted octanol–water partition coefficient (Wildman–Crippen LogP) is 1.90. The highest BCUT2D eigenvalue weighted by Crippen LogP contribution is 2.19. The molecule has 1 saturated heterocycles. The lowest BCUT2D eigenvalue weighted by atomic mass is 10.2. The maximum Gasteiger partial charge on any atom is 0.243 e. The quantitative estimate of drug-likeness (QED) is 0.873. The van der Waals surface area contributed by atoms with Crippen LogP contribution in [0.15, 0.2) is 23.1 Å². The van der Waals surface area contributed by atoms with E-state index in [1.807, 2.05) is 0 Å². The Morgan fingerprint density at radius 1 is 1.47 bits per heavy atom. The predicted molar refractivity (Wildman–Crippen MR) is 72.2 cm³/mol. The summed E-state index contributed by atoms with van der Waals surface area (Å²) in [6.07, 6.45) is 2.86. The van der Waals surface area contributed by atoms with E-state index in [2.05, 4.69) is 10.0 Å². The minimum Gasteiger partial charge on any atom is -0.314 e. The van der Waals surface area contributed by atoms with Gasteiger partial charge in [-0.2, -0.15) is 0 Å². The first-order chi connectivity index (χ1) is 8.99. The minimum atomic E-state index is -3.84. The molecule has 0 bridgehead atoms. The van der Waals surface area contributed by atoms with Gasteiger partial charge in [-0.15, -0.1) is 0 Å². The van der Waals surface area contributed by atoms with E-state index in [0.717, 1.165) is 31.5 Å². The van der Waals surface area contributed by atoms with E-state index in [0.29, 0.717) is 12.5 Å². The van der Waals surface area contributed by atoms with Crippen molar-refractivity contribution in [1.29, 1.82) is 0 Å². The Morgan fingerprint density at radius 2 is 2.26 bits per heavy atom. The van der Waals surface area contributed by atoms with Crippen LogP contribution < -0.4 is 10.0 Å². The second-order valence-corrected chi connectivity index (χ2v) is 6.73. The molecule has 19 heavy (non-hydrogen) atoms. The van der Waals surface area contributed by atoms with Crippen LogP contribution >= 0.6 is 11.6 Å². The van der Waals surface area contributed by atoms with Gasteiger partial charge >= 0.3 is 0 Å². The molecule has 2 N–H and O–H groups in total. The molecule has 1 fully saturated rings. The molecule has 0 saturated carbocycles. The lowest BCUT2D eigenvalue weighted by Crippen LogP contribution is -2.31. The van der Waals surface area contributed by atoms with Gasteiger partial charge in [0.15, 0.2) is 0 Å². The molecule has 0 spiro atoms. The standard InChI is InChI=1S/C12H16ClFN2O2S/c13-9-3-4-11(14)12(8-9)19(17,18)16-7-5-10-2-1-6-15-10/h3-4,8,10,15-16H,1-2,5-7H2/t10-/m1/s1. The summed E-state index contributed by atoms with van der Waals surface area (Å²) in [7, 11) is -3.84. The highest BCUT2D eigenvalue weighted by Gasteiger charge is 2.20. The largest absolute Gasteiger partial charge is 0.314 e. The summed E-state index contributed by atoms with van der Waals surface area (Å²) in [6.45, 7) is 1.26. The molecule has 0 aliphatic carbocycles. The molecule has 0 amide bonds. The minimum absolute atomic E-state index is 0.194. The van der Waals surface area contributed by atoms with E-state index < -0.39 is 20.7 Å². The maximum atomic E-state index is 13.5. The molecule has 0 aromatic heterocycles. The first-order valence-corrected chi connectivity index (χ1v) is 8.03. The van der Waals surface area contributed by atoms with Gasteiger partial charge in [-0.1, -0.05) is 11.6 Å². The molecule has 1 aromatic carbocycles. The van der Waals surface area contributed by atoms with Crippen LogP contribution in [0.25, 0.3) is 0 Å². The van der Waals surface area contributed by atoms with E-state index in [4.69, 9.17) is 11.6 Å². The fraction of sp³-hybridized carbons (Fsp3) is 0.500. The molecule has 4 nitrogen and oxygen atoms in total. The van der Waals surface area contributed by atoms with Gasteiger partial charge in [0.1, 0.15) is 10.7 Å². The van der Waals surface area contributed by atoms with Crippen molar-refractivity contribution >= 4 is 21.6 Å². The van der Waals surface area contributed by atoms with Crippen molar-refractivity contribution in [2.75, 3.05) is 13.1 Å². The van der Waals surface area contributed by atoms with Crippen molar-refractivity contribution in [3.63, 3.8) is 0 Å². The van der Waals surface area contributed by atoms with E-state index in [9.17, 15) is 12.8 Å². The molecule has 0 unspecified atom stereocenters. The van der Waals surface area contributed by atoms with Gasteiger partial charge in [0.05, 0.1) is 0 Å². The van der Waals surface area contributed by atoms with E-state index in [1.165, 1.54) is 6.07 Å². The number of hydrogen-bond donors (Lipinski definition) is 2. The highest BCUT2D eigenvalue weighted by molar-refractivity contribution is 7.89. The monoisotopic (exact) mass is 306 g/mol. The van der Waals surface area contributed by atoms with Crippen molar-refractivity contribution in [2.45, 2.75) is 30.2 Å². The lowest BCUT2D eigenvalue weighted by Gasteiger charge is -2.11. The number of rotatable bonds is 5. The fourth-order valence-corrected chi connectivity index (χ4v) is 3.52. The zero-order valence-corrected chi connectivity index (χ0v) is 11.9. The van der Waals surface area contributed by atoms with Gasteiger partial charge in [0.25, 0.3) is 0 Å². The Bertz CT molecular complexity index is 545. The highest BCUT2D eigenvalue weighted by atomic mass is 35.5. The molecule has 0 radical (unpaired) electrons. The summed E-state index contributed by atoms with van der Waals surface area (Å²) >= 11 is 5.69. The van der Waals surface area contributed by atoms with Crippen molar-refractivity contribution in [3.05, 3.63) is 29.0 Å². The molecule has 1 aliphatic rings. The third-order valence-corrected chi connectivity index (χ3v) is 4.84. The van der Waals surface area contributed by atoms with Gasteiger partial charge in [0.2, 0.25) is 10.0 Å². The van der Waals surface area contributed by atoms with E-state index >= 15 is 0 Å². The second kappa shape index (κ2) is 6.17. The zero-order chi connectivity index (χ0) is 13.9. The topological polar surface area (TPSA) is 58.2 Å². The number of nitrogens with one attached hydrogen (secondary N) is 2. The van der Waals surface area contributed by atoms with Crippen molar-refractivity contribution in [2.24, 2.45) is 0 Å². The van der Waals surface area contributed by atoms with Crippen LogP contribution in [0.4, 0.5) is 4.39 Å². The molecular formula is C12H16ClFN2O2S. The van der Waals surface area contributed by atoms with Crippen LogP contribution in [-0.4, -0.2) is 27.5 Å². The summed E-state index contributed by atoms with van der Waals surface area (Å²) in [6, 6.07) is 3.83. The normalized spacial score (nSPS) is 19.8. The molecular weight excluding hydrogens is 291 g/mol. The Labute approximate surface area is 117 Å². The smallest absolute Gasteiger partial charge is 0.243 e. The summed E-state index contributed by atoms with van der Waals surface area (Å²) in [5, 5.41) is 3.47. The van der Waals surface area contributed by atoms with E-state index in [1.54, 1.807) is 0 Å². The van der Waals surface area contributed by atoms with Crippen LogP contribution in [0.2, 0.25) is 5.02 Å². The maximum absolute atomic E-state index is 13.5.